The summed E-state index contributed by atoms with van der Waals surface area (Å²) in [6, 6.07) is 14.1. The van der Waals surface area contributed by atoms with Gasteiger partial charge in [-0.2, -0.15) is 4.98 Å². The Bertz CT molecular complexity index is 984. The van der Waals surface area contributed by atoms with Gasteiger partial charge in [-0.1, -0.05) is 16.8 Å². The van der Waals surface area contributed by atoms with Gasteiger partial charge in [-0.15, -0.1) is 0 Å². The van der Waals surface area contributed by atoms with Crippen LogP contribution in [0.2, 0.25) is 5.02 Å². The lowest BCUT2D eigenvalue weighted by Gasteiger charge is -2.12. The van der Waals surface area contributed by atoms with Gasteiger partial charge in [0.25, 0.3) is 5.91 Å². The number of hydrazine groups is 1. The highest BCUT2D eigenvalue weighted by atomic mass is 35.5. The number of amides is 2. The number of halogens is 1. The number of benzene rings is 2. The van der Waals surface area contributed by atoms with Crippen LogP contribution in [0.25, 0.3) is 11.4 Å². The molecule has 150 valence electrons. The molecule has 29 heavy (non-hydrogen) atoms. The van der Waals surface area contributed by atoms with Crippen LogP contribution in [0.5, 0.6) is 0 Å². The van der Waals surface area contributed by atoms with Crippen LogP contribution >= 0.6 is 11.6 Å². The van der Waals surface area contributed by atoms with Crippen molar-refractivity contribution in [2.24, 2.45) is 0 Å². The maximum atomic E-state index is 12.1. The van der Waals surface area contributed by atoms with Crippen LogP contribution in [0.4, 0.5) is 5.69 Å². The molecule has 0 unspecified atom stereocenters. The molecule has 2 N–H and O–H groups in total. The molecular formula is C20H20ClN5O3. The molecule has 8 nitrogen and oxygen atoms in total. The summed E-state index contributed by atoms with van der Waals surface area (Å²) < 4.78 is 5.16. The molecule has 0 aliphatic rings. The van der Waals surface area contributed by atoms with Crippen molar-refractivity contribution < 1.29 is 14.1 Å². The predicted molar refractivity (Wildman–Crippen MR) is 109 cm³/mol. The molecule has 0 spiro atoms. The number of aromatic nitrogens is 2. The second kappa shape index (κ2) is 9.20. The van der Waals surface area contributed by atoms with E-state index in [0.29, 0.717) is 22.3 Å². The Balaban J connectivity index is 1.46. The number of anilines is 1. The third-order valence-corrected chi connectivity index (χ3v) is 4.35. The summed E-state index contributed by atoms with van der Waals surface area (Å²) in [6.07, 6.45) is 0.335. The molecule has 0 atom stereocenters. The Kier molecular flexibility index (Phi) is 6.46. The average Bonchev–Trinajstić information content (AvgIpc) is 3.20. The van der Waals surface area contributed by atoms with Crippen molar-refractivity contribution in [3.8, 4) is 11.4 Å². The highest BCUT2D eigenvalue weighted by Gasteiger charge is 2.12. The lowest BCUT2D eigenvalue weighted by molar-refractivity contribution is -0.121. The molecule has 0 saturated heterocycles. The van der Waals surface area contributed by atoms with Crippen LogP contribution in [0.3, 0.4) is 0 Å². The topological polar surface area (TPSA) is 100 Å². The summed E-state index contributed by atoms with van der Waals surface area (Å²) in [6.45, 7) is 0. The molecule has 9 heteroatoms. The van der Waals surface area contributed by atoms with Crippen LogP contribution in [-0.4, -0.2) is 36.1 Å². The van der Waals surface area contributed by atoms with E-state index in [1.54, 1.807) is 36.4 Å². The van der Waals surface area contributed by atoms with E-state index >= 15 is 0 Å². The molecule has 0 aliphatic heterocycles. The predicted octanol–water partition coefficient (Wildman–Crippen LogP) is 2.85. The number of hydrogen-bond donors (Lipinski definition) is 2. The van der Waals surface area contributed by atoms with Gasteiger partial charge >= 0.3 is 0 Å². The Morgan fingerprint density at radius 2 is 1.72 bits per heavy atom. The lowest BCUT2D eigenvalue weighted by Crippen LogP contribution is -2.41. The summed E-state index contributed by atoms with van der Waals surface area (Å²) in [7, 11) is 3.83. The van der Waals surface area contributed by atoms with E-state index in [2.05, 4.69) is 21.0 Å². The molecule has 1 heterocycles. The van der Waals surface area contributed by atoms with Gasteiger partial charge in [0.1, 0.15) is 0 Å². The van der Waals surface area contributed by atoms with Gasteiger partial charge in [0.05, 0.1) is 0 Å². The first kappa shape index (κ1) is 20.3. The Labute approximate surface area is 172 Å². The van der Waals surface area contributed by atoms with Crippen LogP contribution in [0, 0.1) is 0 Å². The summed E-state index contributed by atoms with van der Waals surface area (Å²) in [5.41, 5.74) is 6.95. The maximum absolute atomic E-state index is 12.1. The minimum absolute atomic E-state index is 0.0854. The standard InChI is InChI=1S/C20H20ClN5O3/c1-26(2)16-9-5-14(6-10-16)20(28)24-23-17(27)11-12-18-22-19(25-29-18)13-3-7-15(21)8-4-13/h3-10H,11-12H2,1-2H3,(H,23,27)(H,24,28). The number of rotatable bonds is 6. The molecule has 0 bridgehead atoms. The van der Waals surface area contributed by atoms with Crippen molar-refractivity contribution in [3.63, 3.8) is 0 Å². The van der Waals surface area contributed by atoms with Crippen LogP contribution in [0.1, 0.15) is 22.7 Å². The van der Waals surface area contributed by atoms with Crippen LogP contribution < -0.4 is 15.8 Å². The van der Waals surface area contributed by atoms with Gasteiger partial charge in [-0.3, -0.25) is 20.4 Å². The normalized spacial score (nSPS) is 10.4. The number of nitrogens with zero attached hydrogens (tertiary/aromatic N) is 3. The van der Waals surface area contributed by atoms with Gasteiger partial charge in [0.2, 0.25) is 17.6 Å². The van der Waals surface area contributed by atoms with Gasteiger partial charge in [-0.05, 0) is 48.5 Å². The van der Waals surface area contributed by atoms with Crippen molar-refractivity contribution in [3.05, 3.63) is 65.0 Å². The largest absolute Gasteiger partial charge is 0.378 e. The van der Waals surface area contributed by atoms with Gasteiger partial charge < -0.3 is 9.42 Å². The fourth-order valence-corrected chi connectivity index (χ4v) is 2.59. The number of nitrogens with one attached hydrogen (secondary N) is 2. The van der Waals surface area contributed by atoms with Gasteiger partial charge in [-0.25, -0.2) is 0 Å². The molecule has 2 aromatic carbocycles. The fourth-order valence-electron chi connectivity index (χ4n) is 2.47. The van der Waals surface area contributed by atoms with E-state index < -0.39 is 5.91 Å². The number of carbonyl (C=O) groups excluding carboxylic acids is 2. The molecule has 0 aliphatic carbocycles. The van der Waals surface area contributed by atoms with E-state index in [0.717, 1.165) is 11.3 Å². The minimum atomic E-state index is -0.397. The summed E-state index contributed by atoms with van der Waals surface area (Å²) >= 11 is 5.86. The molecule has 0 fully saturated rings. The second-order valence-electron chi connectivity index (χ2n) is 6.46. The van der Waals surface area contributed by atoms with Crippen molar-refractivity contribution in [2.45, 2.75) is 12.8 Å². The first-order chi connectivity index (χ1) is 13.9. The van der Waals surface area contributed by atoms with Gasteiger partial charge in [0.15, 0.2) is 0 Å². The molecule has 3 rings (SSSR count). The zero-order valence-corrected chi connectivity index (χ0v) is 16.7. The minimum Gasteiger partial charge on any atom is -0.378 e. The highest BCUT2D eigenvalue weighted by Crippen LogP contribution is 2.19. The molecular weight excluding hydrogens is 394 g/mol. The van der Waals surface area contributed by atoms with Crippen molar-refractivity contribution in [1.82, 2.24) is 21.0 Å². The quantitative estimate of drug-likeness (QED) is 0.603. The van der Waals surface area contributed by atoms with Crippen LogP contribution in [-0.2, 0) is 11.2 Å². The van der Waals surface area contributed by atoms with E-state index in [4.69, 9.17) is 16.1 Å². The molecule has 0 saturated carbocycles. The SMILES string of the molecule is CN(C)c1ccc(C(=O)NNC(=O)CCc2nc(-c3ccc(Cl)cc3)no2)cc1. The zero-order chi connectivity index (χ0) is 20.8. The number of aryl methyl sites for hydroxylation is 1. The van der Waals surface area contributed by atoms with E-state index in [1.165, 1.54) is 0 Å². The fraction of sp³-hybridized carbons (Fsp3) is 0.200. The summed E-state index contributed by atoms with van der Waals surface area (Å²) in [4.78, 5) is 30.3. The van der Waals surface area contributed by atoms with Crippen LogP contribution in [0.15, 0.2) is 53.1 Å². The zero-order valence-electron chi connectivity index (χ0n) is 16.0. The summed E-state index contributed by atoms with van der Waals surface area (Å²) in [5, 5.41) is 4.51. The average molecular weight is 414 g/mol. The monoisotopic (exact) mass is 413 g/mol. The van der Waals surface area contributed by atoms with Gasteiger partial charge in [0, 0.05) is 48.8 Å². The highest BCUT2D eigenvalue weighted by molar-refractivity contribution is 6.30. The number of carbonyl (C=O) groups is 2. The third-order valence-electron chi connectivity index (χ3n) is 4.10. The second-order valence-corrected chi connectivity index (χ2v) is 6.90. The first-order valence-electron chi connectivity index (χ1n) is 8.87. The third kappa shape index (κ3) is 5.55. The summed E-state index contributed by atoms with van der Waals surface area (Å²) in [5.74, 6) is -0.0109. The Morgan fingerprint density at radius 1 is 1.03 bits per heavy atom. The Hall–Kier alpha value is -3.39. The smallest absolute Gasteiger partial charge is 0.269 e. The molecule has 2 amide bonds. The van der Waals surface area contributed by atoms with Crippen molar-refractivity contribution in [1.29, 1.82) is 0 Å². The molecule has 3 aromatic rings. The Morgan fingerprint density at radius 3 is 2.38 bits per heavy atom. The first-order valence-corrected chi connectivity index (χ1v) is 9.25. The molecule has 0 radical (unpaired) electrons. The lowest BCUT2D eigenvalue weighted by atomic mass is 10.2. The molecule has 1 aromatic heterocycles. The van der Waals surface area contributed by atoms with E-state index in [1.807, 2.05) is 31.1 Å². The maximum Gasteiger partial charge on any atom is 0.269 e. The van der Waals surface area contributed by atoms with E-state index in [9.17, 15) is 9.59 Å². The number of hydrogen-bond acceptors (Lipinski definition) is 6. The van der Waals surface area contributed by atoms with Crippen molar-refractivity contribution >= 4 is 29.1 Å². The van der Waals surface area contributed by atoms with E-state index in [-0.39, 0.29) is 18.7 Å². The van der Waals surface area contributed by atoms with Crippen molar-refractivity contribution in [2.75, 3.05) is 19.0 Å².